The third-order valence-electron chi connectivity index (χ3n) is 6.04. The SMILES string of the molecule is COc1ccc(C2C(C(=O)Nc3ccccc3)=C(C)Nc3nc(-c4ccc(Cl)cc4Cl)nn32)c(OC)c1. The monoisotopic (exact) mass is 535 g/mol. The molecule has 0 bridgehead atoms. The molecule has 0 saturated heterocycles. The molecular weight excluding hydrogens is 513 g/mol. The Hall–Kier alpha value is -4.01. The van der Waals surface area contributed by atoms with Crippen LogP contribution in [0.15, 0.2) is 78.0 Å². The Morgan fingerprint density at radius 2 is 1.81 bits per heavy atom. The number of amides is 1. The first kappa shape index (κ1) is 24.7. The molecule has 1 aliphatic rings. The van der Waals surface area contributed by atoms with Crippen molar-refractivity contribution in [3.63, 3.8) is 0 Å². The van der Waals surface area contributed by atoms with E-state index in [9.17, 15) is 4.79 Å². The Labute approximate surface area is 223 Å². The molecule has 0 saturated carbocycles. The van der Waals surface area contributed by atoms with Gasteiger partial charge in [-0.15, -0.1) is 5.10 Å². The van der Waals surface area contributed by atoms with E-state index in [4.69, 9.17) is 37.8 Å². The van der Waals surface area contributed by atoms with E-state index in [1.807, 2.05) is 49.4 Å². The molecule has 4 aromatic rings. The number of allylic oxidation sites excluding steroid dienone is 1. The molecule has 3 aromatic carbocycles. The van der Waals surface area contributed by atoms with E-state index in [0.29, 0.717) is 61.4 Å². The van der Waals surface area contributed by atoms with Crippen LogP contribution in [-0.2, 0) is 4.79 Å². The van der Waals surface area contributed by atoms with Gasteiger partial charge in [-0.3, -0.25) is 4.79 Å². The number of benzene rings is 3. The smallest absolute Gasteiger partial charge is 0.255 e. The molecule has 1 atom stereocenters. The first-order valence-electron chi connectivity index (χ1n) is 11.4. The largest absolute Gasteiger partial charge is 0.497 e. The minimum Gasteiger partial charge on any atom is -0.497 e. The average Bonchev–Trinajstić information content (AvgIpc) is 3.31. The van der Waals surface area contributed by atoms with Crippen molar-refractivity contribution in [2.75, 3.05) is 24.9 Å². The van der Waals surface area contributed by atoms with Crippen LogP contribution in [0.1, 0.15) is 18.5 Å². The zero-order chi connectivity index (χ0) is 26.1. The number of carbonyl (C=O) groups excluding carboxylic acids is 1. The predicted molar refractivity (Wildman–Crippen MR) is 145 cm³/mol. The third kappa shape index (κ3) is 4.73. The van der Waals surface area contributed by atoms with Crippen molar-refractivity contribution in [3.05, 3.63) is 93.6 Å². The molecule has 2 heterocycles. The van der Waals surface area contributed by atoms with Crippen LogP contribution in [0.5, 0.6) is 11.5 Å². The molecule has 0 aliphatic carbocycles. The Morgan fingerprint density at radius 3 is 2.51 bits per heavy atom. The zero-order valence-corrected chi connectivity index (χ0v) is 21.8. The van der Waals surface area contributed by atoms with Gasteiger partial charge >= 0.3 is 0 Å². The van der Waals surface area contributed by atoms with Crippen LogP contribution < -0.4 is 20.1 Å². The van der Waals surface area contributed by atoms with E-state index >= 15 is 0 Å². The third-order valence-corrected chi connectivity index (χ3v) is 6.58. The van der Waals surface area contributed by atoms with E-state index in [2.05, 4.69) is 15.6 Å². The molecule has 1 aliphatic heterocycles. The highest BCUT2D eigenvalue weighted by molar-refractivity contribution is 6.36. The van der Waals surface area contributed by atoms with E-state index in [1.54, 1.807) is 43.2 Å². The fourth-order valence-corrected chi connectivity index (χ4v) is 4.77. The molecule has 5 rings (SSSR count). The van der Waals surface area contributed by atoms with Crippen molar-refractivity contribution in [1.29, 1.82) is 0 Å². The first-order valence-corrected chi connectivity index (χ1v) is 12.1. The van der Waals surface area contributed by atoms with Gasteiger partial charge in [-0.2, -0.15) is 4.98 Å². The normalized spacial score (nSPS) is 14.6. The van der Waals surface area contributed by atoms with Gasteiger partial charge in [0, 0.05) is 33.6 Å². The number of hydrogen-bond donors (Lipinski definition) is 2. The second kappa shape index (κ2) is 10.2. The van der Waals surface area contributed by atoms with Gasteiger partial charge in [0.2, 0.25) is 5.95 Å². The highest BCUT2D eigenvalue weighted by Crippen LogP contribution is 2.42. The van der Waals surface area contributed by atoms with Crippen LogP contribution in [0.25, 0.3) is 11.4 Å². The molecule has 1 unspecified atom stereocenters. The summed E-state index contributed by atoms with van der Waals surface area (Å²) in [7, 11) is 3.15. The molecule has 37 heavy (non-hydrogen) atoms. The van der Waals surface area contributed by atoms with Gasteiger partial charge in [0.25, 0.3) is 5.91 Å². The lowest BCUT2D eigenvalue weighted by molar-refractivity contribution is -0.113. The number of methoxy groups -OCH3 is 2. The summed E-state index contributed by atoms with van der Waals surface area (Å²) in [5, 5.41) is 11.9. The summed E-state index contributed by atoms with van der Waals surface area (Å²) < 4.78 is 12.8. The zero-order valence-electron chi connectivity index (χ0n) is 20.3. The van der Waals surface area contributed by atoms with Gasteiger partial charge in [-0.1, -0.05) is 41.4 Å². The lowest BCUT2D eigenvalue weighted by Gasteiger charge is -2.29. The number of fused-ring (bicyclic) bond motifs is 1. The van der Waals surface area contributed by atoms with Crippen LogP contribution in [0.4, 0.5) is 11.6 Å². The van der Waals surface area contributed by atoms with Gasteiger partial charge in [-0.25, -0.2) is 4.68 Å². The molecule has 2 N–H and O–H groups in total. The number of carbonyl (C=O) groups is 1. The summed E-state index contributed by atoms with van der Waals surface area (Å²) in [4.78, 5) is 18.4. The average molecular weight is 536 g/mol. The maximum atomic E-state index is 13.7. The number of anilines is 2. The van der Waals surface area contributed by atoms with Gasteiger partial charge < -0.3 is 20.1 Å². The van der Waals surface area contributed by atoms with Gasteiger partial charge in [0.1, 0.15) is 17.5 Å². The quantitative estimate of drug-likeness (QED) is 0.305. The standard InChI is InChI=1S/C27H23Cl2N5O3/c1-15-23(26(35)31-17-7-5-4-6-8-17)24(20-12-10-18(36-2)14-22(20)37-3)34-27(30-15)32-25(33-34)19-11-9-16(28)13-21(19)29/h4-14,24H,1-3H3,(H,31,35)(H,30,32,33). The van der Waals surface area contributed by atoms with E-state index in [1.165, 1.54) is 0 Å². The minimum absolute atomic E-state index is 0.286. The molecule has 188 valence electrons. The molecule has 0 radical (unpaired) electrons. The summed E-state index contributed by atoms with van der Waals surface area (Å²) in [6, 6.07) is 19.2. The van der Waals surface area contributed by atoms with Crippen LogP contribution in [0.2, 0.25) is 10.0 Å². The minimum atomic E-state index is -0.659. The van der Waals surface area contributed by atoms with E-state index < -0.39 is 6.04 Å². The molecule has 0 fully saturated rings. The van der Waals surface area contributed by atoms with Gasteiger partial charge in [0.05, 0.1) is 24.8 Å². The number of aromatic nitrogens is 3. The number of hydrogen-bond acceptors (Lipinski definition) is 6. The van der Waals surface area contributed by atoms with Crippen molar-refractivity contribution < 1.29 is 14.3 Å². The highest BCUT2D eigenvalue weighted by atomic mass is 35.5. The number of rotatable bonds is 6. The van der Waals surface area contributed by atoms with Crippen LogP contribution in [0, 0.1) is 0 Å². The first-order chi connectivity index (χ1) is 17.9. The number of nitrogens with zero attached hydrogens (tertiary/aromatic N) is 3. The summed E-state index contributed by atoms with van der Waals surface area (Å²) >= 11 is 12.5. The molecule has 1 amide bonds. The fraction of sp³-hybridized carbons (Fsp3) is 0.148. The van der Waals surface area contributed by atoms with Gasteiger partial charge in [0.15, 0.2) is 5.82 Å². The molecule has 8 nitrogen and oxygen atoms in total. The van der Waals surface area contributed by atoms with Crippen LogP contribution in [-0.4, -0.2) is 34.9 Å². The van der Waals surface area contributed by atoms with Crippen molar-refractivity contribution >= 4 is 40.7 Å². The maximum absolute atomic E-state index is 13.7. The summed E-state index contributed by atoms with van der Waals surface area (Å²) in [5.41, 5.74) is 3.08. The van der Waals surface area contributed by atoms with Crippen molar-refractivity contribution in [2.24, 2.45) is 0 Å². The Balaban J connectivity index is 1.66. The van der Waals surface area contributed by atoms with Crippen LogP contribution in [0.3, 0.4) is 0 Å². The Morgan fingerprint density at radius 1 is 1.03 bits per heavy atom. The van der Waals surface area contributed by atoms with Crippen molar-refractivity contribution in [2.45, 2.75) is 13.0 Å². The second-order valence-electron chi connectivity index (χ2n) is 8.32. The predicted octanol–water partition coefficient (Wildman–Crippen LogP) is 6.20. The number of para-hydroxylation sites is 1. The number of nitrogens with one attached hydrogen (secondary N) is 2. The van der Waals surface area contributed by atoms with E-state index in [-0.39, 0.29) is 5.91 Å². The van der Waals surface area contributed by atoms with Crippen LogP contribution >= 0.6 is 23.2 Å². The number of ether oxygens (including phenoxy) is 2. The summed E-state index contributed by atoms with van der Waals surface area (Å²) in [5.74, 6) is 1.72. The molecule has 0 spiro atoms. The number of halogens is 2. The lowest BCUT2D eigenvalue weighted by atomic mass is 9.94. The lowest BCUT2D eigenvalue weighted by Crippen LogP contribution is -2.31. The molecular formula is C27H23Cl2N5O3. The maximum Gasteiger partial charge on any atom is 0.255 e. The summed E-state index contributed by atoms with van der Waals surface area (Å²) in [6.07, 6.45) is 0. The van der Waals surface area contributed by atoms with Gasteiger partial charge in [-0.05, 0) is 49.4 Å². The molecule has 1 aromatic heterocycles. The fourth-order valence-electron chi connectivity index (χ4n) is 4.28. The van der Waals surface area contributed by atoms with Crippen molar-refractivity contribution in [1.82, 2.24) is 14.8 Å². The Kier molecular flexibility index (Phi) is 6.78. The van der Waals surface area contributed by atoms with E-state index in [0.717, 1.165) is 0 Å². The topological polar surface area (TPSA) is 90.3 Å². The highest BCUT2D eigenvalue weighted by Gasteiger charge is 2.36. The van der Waals surface area contributed by atoms with Crippen molar-refractivity contribution in [3.8, 4) is 22.9 Å². The molecule has 10 heteroatoms. The Bertz CT molecular complexity index is 1520. The summed E-state index contributed by atoms with van der Waals surface area (Å²) in [6.45, 7) is 1.83. The second-order valence-corrected chi connectivity index (χ2v) is 9.17.